The summed E-state index contributed by atoms with van der Waals surface area (Å²) in [5.41, 5.74) is 0.555. The quantitative estimate of drug-likeness (QED) is 0.800. The molecule has 1 heterocycles. The Morgan fingerprint density at radius 2 is 1.86 bits per heavy atom. The van der Waals surface area contributed by atoms with Crippen LogP contribution < -0.4 is 4.74 Å². The van der Waals surface area contributed by atoms with Gasteiger partial charge in [0.25, 0.3) is 5.89 Å². The molecule has 0 atom stereocenters. The minimum atomic E-state index is -0.445. The predicted molar refractivity (Wildman–Crippen MR) is 73.3 cm³/mol. The van der Waals surface area contributed by atoms with Crippen molar-refractivity contribution in [1.29, 1.82) is 0 Å². The van der Waals surface area contributed by atoms with Gasteiger partial charge in [0.2, 0.25) is 5.82 Å². The van der Waals surface area contributed by atoms with Gasteiger partial charge in [0.15, 0.2) is 11.5 Å². The molecular formula is C15H11FN2O3. The monoisotopic (exact) mass is 286 g/mol. The third kappa shape index (κ3) is 2.31. The van der Waals surface area contributed by atoms with Crippen LogP contribution in [0.2, 0.25) is 0 Å². The Hall–Kier alpha value is -2.89. The first kappa shape index (κ1) is 13.1. The number of hydrogen-bond donors (Lipinski definition) is 1. The van der Waals surface area contributed by atoms with E-state index >= 15 is 0 Å². The molecule has 3 aromatic rings. The van der Waals surface area contributed by atoms with E-state index in [0.29, 0.717) is 5.56 Å². The summed E-state index contributed by atoms with van der Waals surface area (Å²) < 4.78 is 23.8. The van der Waals surface area contributed by atoms with Gasteiger partial charge in [-0.15, -0.1) is 0 Å². The Morgan fingerprint density at radius 3 is 2.62 bits per heavy atom. The normalized spacial score (nSPS) is 10.6. The molecule has 3 rings (SSSR count). The van der Waals surface area contributed by atoms with E-state index < -0.39 is 5.82 Å². The Balaban J connectivity index is 2.05. The number of phenols is 1. The van der Waals surface area contributed by atoms with Crippen LogP contribution in [0.15, 0.2) is 47.0 Å². The van der Waals surface area contributed by atoms with Gasteiger partial charge in [-0.2, -0.15) is 4.98 Å². The lowest BCUT2D eigenvalue weighted by molar-refractivity contribution is 0.371. The van der Waals surface area contributed by atoms with Gasteiger partial charge in [0.05, 0.1) is 18.2 Å². The summed E-state index contributed by atoms with van der Waals surface area (Å²) in [5.74, 6) is -0.0587. The number of ether oxygens (including phenoxy) is 1. The summed E-state index contributed by atoms with van der Waals surface area (Å²) in [6.07, 6.45) is 0. The lowest BCUT2D eigenvalue weighted by Crippen LogP contribution is -1.87. The van der Waals surface area contributed by atoms with E-state index in [0.717, 1.165) is 0 Å². The summed E-state index contributed by atoms with van der Waals surface area (Å²) in [5, 5.41) is 13.8. The molecule has 0 bridgehead atoms. The van der Waals surface area contributed by atoms with E-state index in [9.17, 15) is 9.50 Å². The minimum Gasteiger partial charge on any atom is -0.504 e. The highest BCUT2D eigenvalue weighted by molar-refractivity contribution is 5.68. The van der Waals surface area contributed by atoms with Gasteiger partial charge >= 0.3 is 0 Å². The minimum absolute atomic E-state index is 0.0876. The Labute approximate surface area is 119 Å². The Morgan fingerprint density at radius 1 is 1.10 bits per heavy atom. The summed E-state index contributed by atoms with van der Waals surface area (Å²) in [6, 6.07) is 11.0. The van der Waals surface area contributed by atoms with Gasteiger partial charge in [-0.25, -0.2) is 4.39 Å². The first-order chi connectivity index (χ1) is 10.2. The highest BCUT2D eigenvalue weighted by Crippen LogP contribution is 2.36. The number of halogens is 1. The predicted octanol–water partition coefficient (Wildman–Crippen LogP) is 3.26. The van der Waals surface area contributed by atoms with Crippen molar-refractivity contribution in [1.82, 2.24) is 10.1 Å². The van der Waals surface area contributed by atoms with E-state index in [2.05, 4.69) is 10.1 Å². The number of para-hydroxylation sites is 1. The molecule has 0 spiro atoms. The van der Waals surface area contributed by atoms with Crippen molar-refractivity contribution in [2.24, 2.45) is 0 Å². The summed E-state index contributed by atoms with van der Waals surface area (Å²) in [4.78, 5) is 4.11. The van der Waals surface area contributed by atoms with Crippen LogP contribution in [0, 0.1) is 5.82 Å². The van der Waals surface area contributed by atoms with Gasteiger partial charge in [-0.3, -0.25) is 0 Å². The molecule has 106 valence electrons. The van der Waals surface area contributed by atoms with Crippen LogP contribution in [-0.4, -0.2) is 22.4 Å². The van der Waals surface area contributed by atoms with Crippen molar-refractivity contribution < 1.29 is 18.8 Å². The molecule has 0 saturated carbocycles. The van der Waals surface area contributed by atoms with E-state index in [1.165, 1.54) is 13.2 Å². The molecule has 1 aromatic heterocycles. The third-order valence-electron chi connectivity index (χ3n) is 2.99. The molecule has 0 unspecified atom stereocenters. The van der Waals surface area contributed by atoms with Crippen LogP contribution in [0.25, 0.3) is 22.8 Å². The number of rotatable bonds is 3. The van der Waals surface area contributed by atoms with Gasteiger partial charge in [0, 0.05) is 0 Å². The largest absolute Gasteiger partial charge is 0.504 e. The maximum atomic E-state index is 13.7. The van der Waals surface area contributed by atoms with Crippen LogP contribution in [-0.2, 0) is 0 Å². The fraction of sp³-hybridized carbons (Fsp3) is 0.0667. The molecule has 0 aliphatic carbocycles. The van der Waals surface area contributed by atoms with Crippen LogP contribution in [0.1, 0.15) is 0 Å². The molecule has 0 saturated heterocycles. The zero-order valence-corrected chi connectivity index (χ0v) is 11.1. The average molecular weight is 286 g/mol. The zero-order valence-electron chi connectivity index (χ0n) is 11.1. The van der Waals surface area contributed by atoms with E-state index in [-0.39, 0.29) is 28.8 Å². The fourth-order valence-corrected chi connectivity index (χ4v) is 1.94. The molecular weight excluding hydrogens is 275 g/mol. The van der Waals surface area contributed by atoms with E-state index in [4.69, 9.17) is 9.26 Å². The maximum absolute atomic E-state index is 13.7. The molecule has 1 N–H and O–H groups in total. The molecule has 0 amide bonds. The molecule has 0 fully saturated rings. The highest BCUT2D eigenvalue weighted by Gasteiger charge is 2.17. The molecule has 2 aromatic carbocycles. The number of hydrogen-bond acceptors (Lipinski definition) is 5. The second-order valence-corrected chi connectivity index (χ2v) is 4.26. The first-order valence-electron chi connectivity index (χ1n) is 6.15. The van der Waals surface area contributed by atoms with E-state index in [1.54, 1.807) is 36.4 Å². The van der Waals surface area contributed by atoms with Crippen LogP contribution in [0.5, 0.6) is 11.5 Å². The number of phenolic OH excluding ortho intramolecular Hbond substituents is 1. The standard InChI is InChI=1S/C15H11FN2O3/c1-20-12-8-4-6-10(13(12)19)15-17-14(18-21-15)9-5-2-3-7-11(9)16/h2-8,19H,1H3. The Kier molecular flexibility index (Phi) is 3.27. The third-order valence-corrected chi connectivity index (χ3v) is 2.99. The lowest BCUT2D eigenvalue weighted by Gasteiger charge is -2.04. The molecule has 5 nitrogen and oxygen atoms in total. The van der Waals surface area contributed by atoms with Crippen LogP contribution >= 0.6 is 0 Å². The van der Waals surface area contributed by atoms with Crippen LogP contribution in [0.3, 0.4) is 0 Å². The van der Waals surface area contributed by atoms with Crippen molar-refractivity contribution in [2.75, 3.05) is 7.11 Å². The second kappa shape index (κ2) is 5.24. The van der Waals surface area contributed by atoms with Gasteiger partial charge < -0.3 is 14.4 Å². The molecule has 0 radical (unpaired) electrons. The zero-order chi connectivity index (χ0) is 14.8. The van der Waals surface area contributed by atoms with Crippen molar-refractivity contribution in [3.8, 4) is 34.3 Å². The molecule has 21 heavy (non-hydrogen) atoms. The molecule has 0 aliphatic heterocycles. The number of benzene rings is 2. The highest BCUT2D eigenvalue weighted by atomic mass is 19.1. The molecule has 0 aliphatic rings. The fourth-order valence-electron chi connectivity index (χ4n) is 1.94. The first-order valence-corrected chi connectivity index (χ1v) is 6.15. The van der Waals surface area contributed by atoms with Crippen molar-refractivity contribution >= 4 is 0 Å². The second-order valence-electron chi connectivity index (χ2n) is 4.26. The van der Waals surface area contributed by atoms with Crippen molar-refractivity contribution in [3.05, 3.63) is 48.3 Å². The number of aromatic hydroxyl groups is 1. The van der Waals surface area contributed by atoms with Crippen LogP contribution in [0.4, 0.5) is 4.39 Å². The number of nitrogens with zero attached hydrogens (tertiary/aromatic N) is 2. The summed E-state index contributed by atoms with van der Waals surface area (Å²) in [6.45, 7) is 0. The smallest absolute Gasteiger partial charge is 0.262 e. The topological polar surface area (TPSA) is 68.4 Å². The Bertz CT molecular complexity index is 786. The molecule has 6 heteroatoms. The maximum Gasteiger partial charge on any atom is 0.262 e. The van der Waals surface area contributed by atoms with Gasteiger partial charge in [-0.05, 0) is 24.3 Å². The summed E-state index contributed by atoms with van der Waals surface area (Å²) >= 11 is 0. The number of aromatic nitrogens is 2. The number of methoxy groups -OCH3 is 1. The average Bonchev–Trinajstić information content (AvgIpc) is 2.97. The van der Waals surface area contributed by atoms with Gasteiger partial charge in [-0.1, -0.05) is 23.4 Å². The van der Waals surface area contributed by atoms with Gasteiger partial charge in [0.1, 0.15) is 5.82 Å². The van der Waals surface area contributed by atoms with Crippen molar-refractivity contribution in [3.63, 3.8) is 0 Å². The van der Waals surface area contributed by atoms with E-state index in [1.807, 2.05) is 0 Å². The SMILES string of the molecule is COc1cccc(-c2nc(-c3ccccc3F)no2)c1O. The lowest BCUT2D eigenvalue weighted by atomic mass is 10.2. The van der Waals surface area contributed by atoms with Crippen molar-refractivity contribution in [2.45, 2.75) is 0 Å². The summed E-state index contributed by atoms with van der Waals surface area (Å²) in [7, 11) is 1.44.